The zero-order valence-corrected chi connectivity index (χ0v) is 7.29. The molecular formula is C9H14O3. The van der Waals surface area contributed by atoms with Crippen LogP contribution in [0.25, 0.3) is 0 Å². The van der Waals surface area contributed by atoms with Crippen molar-refractivity contribution in [1.82, 2.24) is 0 Å². The molecule has 2 aliphatic rings. The summed E-state index contributed by atoms with van der Waals surface area (Å²) in [4.78, 5) is 11.1. The SMILES string of the molecule is CCCC(=O)OC1CCC2OC12. The van der Waals surface area contributed by atoms with Gasteiger partial charge < -0.3 is 9.47 Å². The van der Waals surface area contributed by atoms with Crippen molar-refractivity contribution in [1.29, 1.82) is 0 Å². The standard InChI is InChI=1S/C9H14O3/c1-2-3-8(10)11-6-4-5-7-9(6)12-7/h6-7,9H,2-5H2,1H3. The molecule has 0 amide bonds. The molecule has 0 spiro atoms. The van der Waals surface area contributed by atoms with Crippen LogP contribution >= 0.6 is 0 Å². The maximum Gasteiger partial charge on any atom is 0.306 e. The molecule has 3 nitrogen and oxygen atoms in total. The van der Waals surface area contributed by atoms with Gasteiger partial charge >= 0.3 is 5.97 Å². The van der Waals surface area contributed by atoms with Gasteiger partial charge in [-0.25, -0.2) is 0 Å². The molecule has 3 heteroatoms. The van der Waals surface area contributed by atoms with E-state index in [0.717, 1.165) is 19.3 Å². The summed E-state index contributed by atoms with van der Waals surface area (Å²) in [5, 5.41) is 0. The molecule has 0 N–H and O–H groups in total. The molecule has 1 saturated heterocycles. The van der Waals surface area contributed by atoms with Crippen LogP contribution in [0.15, 0.2) is 0 Å². The highest BCUT2D eigenvalue weighted by molar-refractivity contribution is 5.69. The smallest absolute Gasteiger partial charge is 0.306 e. The number of hydrogen-bond donors (Lipinski definition) is 0. The molecule has 0 bridgehead atoms. The molecule has 1 aliphatic carbocycles. The molecule has 2 rings (SSSR count). The van der Waals surface area contributed by atoms with Crippen LogP contribution in [0.1, 0.15) is 32.6 Å². The second-order valence-electron chi connectivity index (χ2n) is 3.49. The van der Waals surface area contributed by atoms with Crippen LogP contribution in [0.3, 0.4) is 0 Å². The third-order valence-electron chi connectivity index (χ3n) is 2.46. The Hall–Kier alpha value is -0.570. The van der Waals surface area contributed by atoms with Crippen LogP contribution in [0, 0.1) is 0 Å². The molecule has 0 radical (unpaired) electrons. The summed E-state index contributed by atoms with van der Waals surface area (Å²) in [6, 6.07) is 0. The maximum absolute atomic E-state index is 11.1. The van der Waals surface area contributed by atoms with Gasteiger partial charge in [0, 0.05) is 6.42 Å². The van der Waals surface area contributed by atoms with Crippen LogP contribution in [0.4, 0.5) is 0 Å². The molecule has 3 atom stereocenters. The summed E-state index contributed by atoms with van der Waals surface area (Å²) >= 11 is 0. The third kappa shape index (κ3) is 1.46. The van der Waals surface area contributed by atoms with Crippen molar-refractivity contribution >= 4 is 5.97 Å². The number of rotatable bonds is 3. The van der Waals surface area contributed by atoms with Crippen molar-refractivity contribution in [3.63, 3.8) is 0 Å². The van der Waals surface area contributed by atoms with Gasteiger partial charge in [-0.1, -0.05) is 6.92 Å². The fourth-order valence-electron chi connectivity index (χ4n) is 1.77. The highest BCUT2D eigenvalue weighted by Gasteiger charge is 2.52. The first kappa shape index (κ1) is 8.05. The van der Waals surface area contributed by atoms with Gasteiger partial charge in [0.05, 0.1) is 6.10 Å². The minimum Gasteiger partial charge on any atom is -0.459 e. The molecule has 68 valence electrons. The predicted octanol–water partition coefficient (Wildman–Crippen LogP) is 1.26. The fraction of sp³-hybridized carbons (Fsp3) is 0.889. The second-order valence-corrected chi connectivity index (χ2v) is 3.49. The Balaban J connectivity index is 1.75. The minimum absolute atomic E-state index is 0.0639. The van der Waals surface area contributed by atoms with E-state index in [0.29, 0.717) is 12.5 Å². The zero-order valence-electron chi connectivity index (χ0n) is 7.29. The first-order valence-corrected chi connectivity index (χ1v) is 4.66. The molecule has 1 heterocycles. The van der Waals surface area contributed by atoms with Gasteiger partial charge in [-0.15, -0.1) is 0 Å². The fourth-order valence-corrected chi connectivity index (χ4v) is 1.77. The van der Waals surface area contributed by atoms with E-state index in [1.807, 2.05) is 6.92 Å². The average Bonchev–Trinajstić information content (AvgIpc) is 2.71. The van der Waals surface area contributed by atoms with Crippen molar-refractivity contribution in [3.05, 3.63) is 0 Å². The number of carbonyl (C=O) groups is 1. The monoisotopic (exact) mass is 170 g/mol. The number of epoxide rings is 1. The van der Waals surface area contributed by atoms with E-state index in [9.17, 15) is 4.79 Å². The first-order valence-electron chi connectivity index (χ1n) is 4.66. The highest BCUT2D eigenvalue weighted by Crippen LogP contribution is 2.40. The Labute approximate surface area is 72.0 Å². The number of carbonyl (C=O) groups excluding carboxylic acids is 1. The van der Waals surface area contributed by atoms with Crippen LogP contribution < -0.4 is 0 Å². The van der Waals surface area contributed by atoms with Crippen LogP contribution in [0.5, 0.6) is 0 Å². The normalized spacial score (nSPS) is 37.6. The van der Waals surface area contributed by atoms with E-state index < -0.39 is 0 Å². The van der Waals surface area contributed by atoms with E-state index in [-0.39, 0.29) is 18.2 Å². The Bertz CT molecular complexity index is 190. The molecule has 0 aromatic carbocycles. The maximum atomic E-state index is 11.1. The molecule has 0 aromatic heterocycles. The van der Waals surface area contributed by atoms with Crippen molar-refractivity contribution in [2.45, 2.75) is 50.9 Å². The van der Waals surface area contributed by atoms with Crippen molar-refractivity contribution in [2.75, 3.05) is 0 Å². The summed E-state index contributed by atoms with van der Waals surface area (Å²) in [5.74, 6) is -0.0707. The number of hydrogen-bond acceptors (Lipinski definition) is 3. The Morgan fingerprint density at radius 1 is 1.58 bits per heavy atom. The molecule has 2 fully saturated rings. The van der Waals surface area contributed by atoms with Gasteiger partial charge in [0.2, 0.25) is 0 Å². The molecule has 3 unspecified atom stereocenters. The Kier molecular flexibility index (Phi) is 2.05. The largest absolute Gasteiger partial charge is 0.459 e. The van der Waals surface area contributed by atoms with Gasteiger partial charge in [-0.3, -0.25) is 4.79 Å². The van der Waals surface area contributed by atoms with Crippen LogP contribution in [0.2, 0.25) is 0 Å². The van der Waals surface area contributed by atoms with Crippen LogP contribution in [-0.4, -0.2) is 24.3 Å². The molecule has 1 aliphatic heterocycles. The number of esters is 1. The summed E-state index contributed by atoms with van der Waals surface area (Å²) in [7, 11) is 0. The molecule has 1 saturated carbocycles. The average molecular weight is 170 g/mol. The topological polar surface area (TPSA) is 38.8 Å². The minimum atomic E-state index is -0.0707. The van der Waals surface area contributed by atoms with Gasteiger partial charge in [0.1, 0.15) is 12.2 Å². The Morgan fingerprint density at radius 3 is 2.92 bits per heavy atom. The van der Waals surface area contributed by atoms with Crippen molar-refractivity contribution < 1.29 is 14.3 Å². The number of ether oxygens (including phenoxy) is 2. The van der Waals surface area contributed by atoms with Gasteiger partial charge in [-0.2, -0.15) is 0 Å². The van der Waals surface area contributed by atoms with Gasteiger partial charge in [0.25, 0.3) is 0 Å². The summed E-state index contributed by atoms with van der Waals surface area (Å²) in [6.07, 6.45) is 4.16. The quantitative estimate of drug-likeness (QED) is 0.472. The summed E-state index contributed by atoms with van der Waals surface area (Å²) in [6.45, 7) is 1.98. The summed E-state index contributed by atoms with van der Waals surface area (Å²) < 4.78 is 10.5. The third-order valence-corrected chi connectivity index (χ3v) is 2.46. The lowest BCUT2D eigenvalue weighted by Gasteiger charge is -2.11. The Morgan fingerprint density at radius 2 is 2.42 bits per heavy atom. The van der Waals surface area contributed by atoms with E-state index in [2.05, 4.69) is 0 Å². The highest BCUT2D eigenvalue weighted by atomic mass is 16.6. The van der Waals surface area contributed by atoms with Crippen molar-refractivity contribution in [2.24, 2.45) is 0 Å². The lowest BCUT2D eigenvalue weighted by atomic mass is 10.3. The predicted molar refractivity (Wildman–Crippen MR) is 42.7 cm³/mol. The first-order chi connectivity index (χ1) is 5.81. The van der Waals surface area contributed by atoms with Gasteiger partial charge in [0.15, 0.2) is 0 Å². The second kappa shape index (κ2) is 3.05. The van der Waals surface area contributed by atoms with E-state index in [1.54, 1.807) is 0 Å². The summed E-state index contributed by atoms with van der Waals surface area (Å²) in [5.41, 5.74) is 0. The van der Waals surface area contributed by atoms with Crippen molar-refractivity contribution in [3.8, 4) is 0 Å². The lowest BCUT2D eigenvalue weighted by molar-refractivity contribution is -0.150. The molecule has 0 aromatic rings. The van der Waals surface area contributed by atoms with Gasteiger partial charge in [-0.05, 0) is 19.3 Å². The van der Waals surface area contributed by atoms with E-state index in [1.165, 1.54) is 0 Å². The number of fused-ring (bicyclic) bond motifs is 1. The molecular weight excluding hydrogens is 156 g/mol. The van der Waals surface area contributed by atoms with E-state index >= 15 is 0 Å². The lowest BCUT2D eigenvalue weighted by Crippen LogP contribution is -2.20. The zero-order chi connectivity index (χ0) is 8.55. The van der Waals surface area contributed by atoms with E-state index in [4.69, 9.17) is 9.47 Å². The van der Waals surface area contributed by atoms with Crippen LogP contribution in [-0.2, 0) is 14.3 Å². The molecule has 12 heavy (non-hydrogen) atoms.